The summed E-state index contributed by atoms with van der Waals surface area (Å²) in [7, 11) is 2.43. The van der Waals surface area contributed by atoms with Crippen molar-refractivity contribution in [2.75, 3.05) is 38.7 Å². The van der Waals surface area contributed by atoms with Gasteiger partial charge in [0.1, 0.15) is 0 Å². The van der Waals surface area contributed by atoms with E-state index in [1.54, 1.807) is 0 Å². The summed E-state index contributed by atoms with van der Waals surface area (Å²) in [5.74, 6) is 1.34. The van der Waals surface area contributed by atoms with E-state index in [0.717, 1.165) is 0 Å². The van der Waals surface area contributed by atoms with Gasteiger partial charge in [-0.25, -0.2) is 0 Å². The molecule has 0 aromatic heterocycles. The van der Waals surface area contributed by atoms with Crippen molar-refractivity contribution in [2.24, 2.45) is 0 Å². The highest BCUT2D eigenvalue weighted by Gasteiger charge is 2.23. The molecular weight excluding hydrogens is 293 g/mol. The van der Waals surface area contributed by atoms with Crippen LogP contribution in [0.15, 0.2) is 0 Å². The van der Waals surface area contributed by atoms with Crippen molar-refractivity contribution in [1.29, 1.82) is 0 Å². The van der Waals surface area contributed by atoms with E-state index < -0.39 is 0 Å². The van der Waals surface area contributed by atoms with Crippen molar-refractivity contribution in [3.8, 4) is 0 Å². The van der Waals surface area contributed by atoms with Crippen molar-refractivity contribution in [2.45, 2.75) is 25.7 Å². The van der Waals surface area contributed by atoms with Crippen LogP contribution in [-0.4, -0.2) is 43.2 Å². The monoisotopic (exact) mass is 315 g/mol. The van der Waals surface area contributed by atoms with Gasteiger partial charge in [-0.3, -0.25) is 0 Å². The van der Waals surface area contributed by atoms with Crippen LogP contribution >= 0.6 is 11.8 Å². The Morgan fingerprint density at radius 2 is 1.77 bits per heavy atom. The molecule has 1 fully saturated rings. The average molecular weight is 315 g/mol. The minimum absolute atomic E-state index is 0. The summed E-state index contributed by atoms with van der Waals surface area (Å²) in [5, 5.41) is 0. The fourth-order valence-electron chi connectivity index (χ4n) is 2.09. The molecule has 0 saturated carbocycles. The Morgan fingerprint density at radius 1 is 1.15 bits per heavy atom. The van der Waals surface area contributed by atoms with Gasteiger partial charge in [0.2, 0.25) is 0 Å². The van der Waals surface area contributed by atoms with Crippen LogP contribution < -0.4 is 24.0 Å². The zero-order valence-corrected chi connectivity index (χ0v) is 11.9. The standard InChI is InChI=1S/C10H22NS.HI/c1-11(9-6-10-12-2)7-4-3-5-8-11;/h3-10H2,1-2H3;1H/q+1;/p-1. The summed E-state index contributed by atoms with van der Waals surface area (Å²) in [4.78, 5) is 0. The Morgan fingerprint density at radius 3 is 2.31 bits per heavy atom. The molecule has 0 radical (unpaired) electrons. The molecule has 0 amide bonds. The molecule has 80 valence electrons. The minimum Gasteiger partial charge on any atom is -1.00 e. The Labute approximate surface area is 104 Å². The van der Waals surface area contributed by atoms with E-state index in [2.05, 4.69) is 13.3 Å². The Bertz CT molecular complexity index is 124. The molecule has 1 aliphatic heterocycles. The molecule has 1 rings (SSSR count). The molecule has 1 saturated heterocycles. The number of rotatable bonds is 4. The summed E-state index contributed by atoms with van der Waals surface area (Å²) >= 11 is 1.98. The first-order valence-corrected chi connectivity index (χ1v) is 6.49. The summed E-state index contributed by atoms with van der Waals surface area (Å²) in [6, 6.07) is 0. The maximum absolute atomic E-state index is 2.43. The van der Waals surface area contributed by atoms with E-state index in [1.807, 2.05) is 11.8 Å². The van der Waals surface area contributed by atoms with Gasteiger partial charge < -0.3 is 28.5 Å². The zero-order valence-electron chi connectivity index (χ0n) is 8.89. The SMILES string of the molecule is CSCCC[N+]1(C)CCCCC1.[I-]. The van der Waals surface area contributed by atoms with Gasteiger partial charge in [-0.1, -0.05) is 0 Å². The van der Waals surface area contributed by atoms with Gasteiger partial charge in [0.05, 0.1) is 26.7 Å². The van der Waals surface area contributed by atoms with Crippen molar-refractivity contribution < 1.29 is 28.5 Å². The number of hydrogen-bond donors (Lipinski definition) is 0. The molecule has 1 aliphatic rings. The van der Waals surface area contributed by atoms with E-state index in [1.165, 1.54) is 55.6 Å². The summed E-state index contributed by atoms with van der Waals surface area (Å²) in [6.07, 6.45) is 7.98. The Balaban J connectivity index is 0.00000144. The number of nitrogens with zero attached hydrogens (tertiary/aromatic N) is 1. The fraction of sp³-hybridized carbons (Fsp3) is 1.00. The highest BCUT2D eigenvalue weighted by atomic mass is 127. The minimum atomic E-state index is 0. The first-order chi connectivity index (χ1) is 5.77. The van der Waals surface area contributed by atoms with Gasteiger partial charge in [0.15, 0.2) is 0 Å². The first-order valence-electron chi connectivity index (χ1n) is 5.09. The van der Waals surface area contributed by atoms with Gasteiger partial charge in [0, 0.05) is 6.42 Å². The molecule has 0 spiro atoms. The van der Waals surface area contributed by atoms with E-state index in [9.17, 15) is 0 Å². The van der Waals surface area contributed by atoms with E-state index in [-0.39, 0.29) is 24.0 Å². The topological polar surface area (TPSA) is 0 Å². The van der Waals surface area contributed by atoms with E-state index in [4.69, 9.17) is 0 Å². The number of hydrogen-bond acceptors (Lipinski definition) is 1. The van der Waals surface area contributed by atoms with Crippen molar-refractivity contribution in [1.82, 2.24) is 0 Å². The van der Waals surface area contributed by atoms with Crippen molar-refractivity contribution >= 4 is 11.8 Å². The summed E-state index contributed by atoms with van der Waals surface area (Å²) in [5.41, 5.74) is 0. The van der Waals surface area contributed by atoms with Crippen LogP contribution in [0.5, 0.6) is 0 Å². The third kappa shape index (κ3) is 5.47. The van der Waals surface area contributed by atoms with Crippen LogP contribution in [0, 0.1) is 0 Å². The van der Waals surface area contributed by atoms with Crippen molar-refractivity contribution in [3.05, 3.63) is 0 Å². The second kappa shape index (κ2) is 7.35. The van der Waals surface area contributed by atoms with Crippen LogP contribution in [0.2, 0.25) is 0 Å². The molecule has 13 heavy (non-hydrogen) atoms. The molecule has 0 bridgehead atoms. The average Bonchev–Trinajstić information content (AvgIpc) is 2.06. The van der Waals surface area contributed by atoms with Crippen LogP contribution in [0.25, 0.3) is 0 Å². The smallest absolute Gasteiger partial charge is 0.0792 e. The third-order valence-corrected chi connectivity index (χ3v) is 3.64. The highest BCUT2D eigenvalue weighted by Crippen LogP contribution is 2.16. The molecular formula is C10H22INS. The molecule has 3 heteroatoms. The van der Waals surface area contributed by atoms with Gasteiger partial charge in [-0.2, -0.15) is 11.8 Å². The van der Waals surface area contributed by atoms with Crippen LogP contribution in [0.1, 0.15) is 25.7 Å². The lowest BCUT2D eigenvalue weighted by Crippen LogP contribution is -3.00. The van der Waals surface area contributed by atoms with Gasteiger partial charge in [-0.15, -0.1) is 0 Å². The van der Waals surface area contributed by atoms with E-state index >= 15 is 0 Å². The molecule has 0 aliphatic carbocycles. The summed E-state index contributed by atoms with van der Waals surface area (Å²) < 4.78 is 1.35. The van der Waals surface area contributed by atoms with Crippen LogP contribution in [0.3, 0.4) is 0 Å². The number of thioether (sulfide) groups is 1. The Hall–Kier alpha value is 1.04. The predicted octanol–water partition coefficient (Wildman–Crippen LogP) is -0.626. The first kappa shape index (κ1) is 14.0. The Kier molecular flexibility index (Phi) is 7.93. The zero-order chi connectivity index (χ0) is 8.86. The maximum Gasteiger partial charge on any atom is 0.0792 e. The second-order valence-electron chi connectivity index (χ2n) is 4.20. The normalized spacial score (nSPS) is 20.8. The molecule has 0 unspecified atom stereocenters. The number of piperidine rings is 1. The molecule has 0 aromatic rings. The number of likely N-dealkylation sites (tertiary alicyclic amines) is 1. The lowest BCUT2D eigenvalue weighted by molar-refractivity contribution is -0.914. The van der Waals surface area contributed by atoms with Gasteiger partial charge >= 0.3 is 0 Å². The third-order valence-electron chi connectivity index (χ3n) is 2.94. The maximum atomic E-state index is 2.43. The molecule has 0 aromatic carbocycles. The van der Waals surface area contributed by atoms with Crippen LogP contribution in [0.4, 0.5) is 0 Å². The predicted molar refractivity (Wildman–Crippen MR) is 57.6 cm³/mol. The number of quaternary nitrogens is 1. The fourth-order valence-corrected chi connectivity index (χ4v) is 2.51. The molecule has 0 atom stereocenters. The van der Waals surface area contributed by atoms with Gasteiger partial charge in [0.25, 0.3) is 0 Å². The quantitative estimate of drug-likeness (QED) is 0.378. The highest BCUT2D eigenvalue weighted by molar-refractivity contribution is 7.98. The van der Waals surface area contributed by atoms with E-state index in [0.29, 0.717) is 0 Å². The second-order valence-corrected chi connectivity index (χ2v) is 5.18. The lowest BCUT2D eigenvalue weighted by atomic mass is 10.1. The molecule has 0 N–H and O–H groups in total. The number of halogens is 1. The largest absolute Gasteiger partial charge is 1.00 e. The van der Waals surface area contributed by atoms with Crippen LogP contribution in [-0.2, 0) is 0 Å². The molecule has 1 heterocycles. The molecule has 1 nitrogen and oxygen atoms in total. The van der Waals surface area contributed by atoms with Gasteiger partial charge in [-0.05, 0) is 31.3 Å². The van der Waals surface area contributed by atoms with Crippen molar-refractivity contribution in [3.63, 3.8) is 0 Å². The lowest BCUT2D eigenvalue weighted by Gasteiger charge is -2.37. The summed E-state index contributed by atoms with van der Waals surface area (Å²) in [6.45, 7) is 4.25.